The summed E-state index contributed by atoms with van der Waals surface area (Å²) in [4.78, 5) is 28.9. The molecule has 0 aliphatic carbocycles. The van der Waals surface area contributed by atoms with Gasteiger partial charge in [0.15, 0.2) is 0 Å². The molecular formula is C14H25N3O2. The first-order valence-electron chi connectivity index (χ1n) is 7.39. The van der Waals surface area contributed by atoms with Crippen molar-refractivity contribution >= 4 is 11.8 Å². The quantitative estimate of drug-likeness (QED) is 0.814. The van der Waals surface area contributed by atoms with Crippen LogP contribution in [0.3, 0.4) is 0 Å². The van der Waals surface area contributed by atoms with Crippen LogP contribution in [0.25, 0.3) is 0 Å². The monoisotopic (exact) mass is 267 g/mol. The van der Waals surface area contributed by atoms with Crippen molar-refractivity contribution in [2.45, 2.75) is 57.7 Å². The molecule has 2 aliphatic rings. The van der Waals surface area contributed by atoms with Gasteiger partial charge in [0.25, 0.3) is 0 Å². The molecule has 0 aromatic carbocycles. The van der Waals surface area contributed by atoms with Crippen molar-refractivity contribution in [3.05, 3.63) is 0 Å². The minimum atomic E-state index is -0.324. The standard InChI is InChI=1S/C14H25N3O2/c1-4-11-14(19)17(12(5-2)13(18)15-11)10-6-8-16(3)9-7-10/h10-12H,4-9H2,1-3H3,(H,15,18). The van der Waals surface area contributed by atoms with E-state index in [2.05, 4.69) is 17.3 Å². The van der Waals surface area contributed by atoms with Crippen LogP contribution in [-0.4, -0.2) is 59.9 Å². The number of nitrogens with zero attached hydrogens (tertiary/aromatic N) is 2. The van der Waals surface area contributed by atoms with E-state index in [4.69, 9.17) is 0 Å². The Morgan fingerprint density at radius 1 is 1.16 bits per heavy atom. The molecule has 2 saturated heterocycles. The minimum absolute atomic E-state index is 0.0212. The van der Waals surface area contributed by atoms with E-state index in [1.165, 1.54) is 0 Å². The van der Waals surface area contributed by atoms with Crippen LogP contribution in [0.1, 0.15) is 39.5 Å². The van der Waals surface area contributed by atoms with Crippen LogP contribution in [0.2, 0.25) is 0 Å². The number of likely N-dealkylation sites (tertiary alicyclic amines) is 1. The lowest BCUT2D eigenvalue weighted by molar-refractivity contribution is -0.153. The summed E-state index contributed by atoms with van der Waals surface area (Å²) in [5.41, 5.74) is 0. The summed E-state index contributed by atoms with van der Waals surface area (Å²) >= 11 is 0. The van der Waals surface area contributed by atoms with E-state index in [0.717, 1.165) is 25.9 Å². The fourth-order valence-corrected chi connectivity index (χ4v) is 3.16. The Balaban J connectivity index is 2.17. The van der Waals surface area contributed by atoms with Crippen molar-refractivity contribution in [3.63, 3.8) is 0 Å². The van der Waals surface area contributed by atoms with Crippen LogP contribution in [0.15, 0.2) is 0 Å². The molecule has 2 fully saturated rings. The molecule has 0 radical (unpaired) electrons. The molecule has 2 rings (SSSR count). The van der Waals surface area contributed by atoms with Crippen LogP contribution in [0, 0.1) is 0 Å². The molecule has 1 N–H and O–H groups in total. The number of carbonyl (C=O) groups excluding carboxylic acids is 2. The van der Waals surface area contributed by atoms with E-state index in [1.54, 1.807) is 0 Å². The first kappa shape index (κ1) is 14.3. The molecule has 0 aromatic rings. The van der Waals surface area contributed by atoms with Gasteiger partial charge in [0.1, 0.15) is 12.1 Å². The number of hydrogen-bond donors (Lipinski definition) is 1. The Morgan fingerprint density at radius 3 is 2.32 bits per heavy atom. The highest BCUT2D eigenvalue weighted by Crippen LogP contribution is 2.24. The largest absolute Gasteiger partial charge is 0.343 e. The van der Waals surface area contributed by atoms with Crippen molar-refractivity contribution in [3.8, 4) is 0 Å². The molecule has 2 aliphatic heterocycles. The summed E-state index contributed by atoms with van der Waals surface area (Å²) in [5, 5.41) is 2.85. The third kappa shape index (κ3) is 2.76. The molecule has 2 atom stereocenters. The summed E-state index contributed by atoms with van der Waals surface area (Å²) in [5.74, 6) is 0.136. The highest BCUT2D eigenvalue weighted by atomic mass is 16.2. The molecule has 2 unspecified atom stereocenters. The maximum Gasteiger partial charge on any atom is 0.246 e. The number of piperidine rings is 1. The summed E-state index contributed by atoms with van der Waals surface area (Å²) in [7, 11) is 2.10. The predicted molar refractivity (Wildman–Crippen MR) is 73.7 cm³/mol. The lowest BCUT2D eigenvalue weighted by Gasteiger charge is -2.45. The van der Waals surface area contributed by atoms with E-state index < -0.39 is 0 Å². The summed E-state index contributed by atoms with van der Waals surface area (Å²) in [6.07, 6.45) is 3.31. The van der Waals surface area contributed by atoms with Gasteiger partial charge >= 0.3 is 0 Å². The lowest BCUT2D eigenvalue weighted by atomic mass is 9.95. The second kappa shape index (κ2) is 5.90. The van der Waals surface area contributed by atoms with Gasteiger partial charge < -0.3 is 15.1 Å². The second-order valence-corrected chi connectivity index (χ2v) is 5.67. The van der Waals surface area contributed by atoms with E-state index in [-0.39, 0.29) is 29.9 Å². The van der Waals surface area contributed by atoms with E-state index in [0.29, 0.717) is 12.8 Å². The minimum Gasteiger partial charge on any atom is -0.343 e. The Labute approximate surface area is 115 Å². The predicted octanol–water partition coefficient (Wildman–Crippen LogP) is 0.596. The van der Waals surface area contributed by atoms with Crippen LogP contribution in [-0.2, 0) is 9.59 Å². The molecule has 0 saturated carbocycles. The molecule has 5 heteroatoms. The molecule has 2 heterocycles. The molecule has 2 amide bonds. The Kier molecular flexibility index (Phi) is 4.45. The molecule has 108 valence electrons. The van der Waals surface area contributed by atoms with E-state index >= 15 is 0 Å². The van der Waals surface area contributed by atoms with Crippen molar-refractivity contribution in [2.24, 2.45) is 0 Å². The first-order valence-corrected chi connectivity index (χ1v) is 7.39. The average Bonchev–Trinajstić information content (AvgIpc) is 2.41. The SMILES string of the molecule is CCC1NC(=O)C(CC)N(C2CCN(C)CC2)C1=O. The lowest BCUT2D eigenvalue weighted by Crippen LogP contribution is -2.66. The third-order valence-corrected chi connectivity index (χ3v) is 4.38. The van der Waals surface area contributed by atoms with Crippen LogP contribution >= 0.6 is 0 Å². The van der Waals surface area contributed by atoms with Crippen molar-refractivity contribution in [1.82, 2.24) is 15.1 Å². The van der Waals surface area contributed by atoms with Gasteiger partial charge in [-0.3, -0.25) is 9.59 Å². The van der Waals surface area contributed by atoms with Gasteiger partial charge in [-0.15, -0.1) is 0 Å². The number of piperazine rings is 1. The second-order valence-electron chi connectivity index (χ2n) is 5.67. The zero-order valence-electron chi connectivity index (χ0n) is 12.2. The van der Waals surface area contributed by atoms with Gasteiger partial charge in [-0.05, 0) is 45.8 Å². The summed E-state index contributed by atoms with van der Waals surface area (Å²) in [6, 6.07) is -0.368. The zero-order chi connectivity index (χ0) is 14.0. The zero-order valence-corrected chi connectivity index (χ0v) is 12.2. The van der Waals surface area contributed by atoms with Crippen LogP contribution < -0.4 is 5.32 Å². The maximum absolute atomic E-state index is 12.5. The van der Waals surface area contributed by atoms with Crippen molar-refractivity contribution in [2.75, 3.05) is 20.1 Å². The normalized spacial score (nSPS) is 30.6. The molecule has 0 spiro atoms. The molecule has 0 aromatic heterocycles. The first-order chi connectivity index (χ1) is 9.08. The summed E-state index contributed by atoms with van der Waals surface area (Å²) < 4.78 is 0. The number of hydrogen-bond acceptors (Lipinski definition) is 3. The third-order valence-electron chi connectivity index (χ3n) is 4.38. The van der Waals surface area contributed by atoms with Gasteiger partial charge in [-0.1, -0.05) is 13.8 Å². The molecular weight excluding hydrogens is 242 g/mol. The highest BCUT2D eigenvalue weighted by Gasteiger charge is 2.42. The van der Waals surface area contributed by atoms with E-state index in [9.17, 15) is 9.59 Å². The van der Waals surface area contributed by atoms with Crippen LogP contribution in [0.4, 0.5) is 0 Å². The fourth-order valence-electron chi connectivity index (χ4n) is 3.16. The molecule has 0 bridgehead atoms. The number of nitrogens with one attached hydrogen (secondary N) is 1. The van der Waals surface area contributed by atoms with E-state index in [1.807, 2.05) is 18.7 Å². The van der Waals surface area contributed by atoms with Gasteiger partial charge in [-0.2, -0.15) is 0 Å². The number of carbonyl (C=O) groups is 2. The van der Waals surface area contributed by atoms with Gasteiger partial charge in [-0.25, -0.2) is 0 Å². The van der Waals surface area contributed by atoms with Crippen molar-refractivity contribution in [1.29, 1.82) is 0 Å². The Morgan fingerprint density at radius 2 is 1.79 bits per heavy atom. The number of rotatable bonds is 3. The highest BCUT2D eigenvalue weighted by molar-refractivity contribution is 5.97. The Hall–Kier alpha value is -1.10. The fraction of sp³-hybridized carbons (Fsp3) is 0.857. The van der Waals surface area contributed by atoms with Gasteiger partial charge in [0.2, 0.25) is 11.8 Å². The summed E-state index contributed by atoms with van der Waals surface area (Å²) in [6.45, 7) is 5.93. The molecule has 5 nitrogen and oxygen atoms in total. The van der Waals surface area contributed by atoms with Gasteiger partial charge in [0.05, 0.1) is 0 Å². The van der Waals surface area contributed by atoms with Crippen molar-refractivity contribution < 1.29 is 9.59 Å². The smallest absolute Gasteiger partial charge is 0.246 e. The average molecular weight is 267 g/mol. The van der Waals surface area contributed by atoms with Gasteiger partial charge in [0, 0.05) is 6.04 Å². The van der Waals surface area contributed by atoms with Crippen LogP contribution in [0.5, 0.6) is 0 Å². The Bertz CT molecular complexity index is 351. The number of amides is 2. The molecule has 19 heavy (non-hydrogen) atoms. The maximum atomic E-state index is 12.5. The topological polar surface area (TPSA) is 52.7 Å².